The van der Waals surface area contributed by atoms with Gasteiger partial charge in [-0.05, 0) is 37.3 Å². The lowest BCUT2D eigenvalue weighted by molar-refractivity contribution is 0.0697. The van der Waals surface area contributed by atoms with Crippen molar-refractivity contribution in [3.63, 3.8) is 0 Å². The predicted octanol–water partition coefficient (Wildman–Crippen LogP) is 3.04. The zero-order chi connectivity index (χ0) is 14.0. The number of aromatic carboxylic acids is 1. The van der Waals surface area contributed by atoms with Crippen molar-refractivity contribution < 1.29 is 9.90 Å². The normalized spacial score (nSPS) is 10.2. The second kappa shape index (κ2) is 5.02. The number of nitrogen functional groups attached to an aromatic ring is 1. The van der Waals surface area contributed by atoms with Gasteiger partial charge in [0.05, 0.1) is 11.3 Å². The van der Waals surface area contributed by atoms with Crippen molar-refractivity contribution in [1.82, 2.24) is 0 Å². The molecular formula is C15H16N2O2. The Morgan fingerprint density at radius 1 is 1.16 bits per heavy atom. The molecule has 3 N–H and O–H groups in total. The van der Waals surface area contributed by atoms with E-state index in [2.05, 4.69) is 0 Å². The largest absolute Gasteiger partial charge is 0.478 e. The molecular weight excluding hydrogens is 240 g/mol. The van der Waals surface area contributed by atoms with Crippen molar-refractivity contribution in [3.05, 3.63) is 53.6 Å². The minimum Gasteiger partial charge on any atom is -0.478 e. The number of rotatable bonds is 3. The third-order valence-electron chi connectivity index (χ3n) is 3.03. The number of carbonyl (C=O) groups is 1. The minimum atomic E-state index is -0.985. The van der Waals surface area contributed by atoms with E-state index >= 15 is 0 Å². The average Bonchev–Trinajstić information content (AvgIpc) is 2.38. The first-order valence-electron chi connectivity index (χ1n) is 5.92. The maximum absolute atomic E-state index is 11.3. The molecule has 0 saturated carbocycles. The Morgan fingerprint density at radius 3 is 2.37 bits per heavy atom. The topological polar surface area (TPSA) is 66.6 Å². The molecule has 0 fully saturated rings. The lowest BCUT2D eigenvalue weighted by Crippen LogP contribution is -2.14. The van der Waals surface area contributed by atoms with Gasteiger partial charge < -0.3 is 15.7 Å². The van der Waals surface area contributed by atoms with Crippen LogP contribution in [0.15, 0.2) is 42.5 Å². The zero-order valence-electron chi connectivity index (χ0n) is 10.9. The molecule has 0 aliphatic carbocycles. The molecule has 98 valence electrons. The molecule has 2 aromatic rings. The van der Waals surface area contributed by atoms with E-state index in [9.17, 15) is 9.90 Å². The molecule has 0 saturated heterocycles. The van der Waals surface area contributed by atoms with Crippen LogP contribution in [0.1, 0.15) is 15.9 Å². The second-order valence-electron chi connectivity index (χ2n) is 4.48. The molecule has 0 atom stereocenters. The van der Waals surface area contributed by atoms with Gasteiger partial charge in [0.25, 0.3) is 0 Å². The number of hydrogen-bond donors (Lipinski definition) is 2. The number of carboxylic acid groups (broad SMARTS) is 1. The fourth-order valence-corrected chi connectivity index (χ4v) is 1.92. The molecule has 0 bridgehead atoms. The smallest absolute Gasteiger partial charge is 0.337 e. The van der Waals surface area contributed by atoms with Crippen LogP contribution < -0.4 is 10.6 Å². The molecule has 0 unspecified atom stereocenters. The summed E-state index contributed by atoms with van der Waals surface area (Å²) < 4.78 is 0. The fourth-order valence-electron chi connectivity index (χ4n) is 1.92. The summed E-state index contributed by atoms with van der Waals surface area (Å²) in [7, 11) is 1.84. The summed E-state index contributed by atoms with van der Waals surface area (Å²) in [4.78, 5) is 13.1. The number of nitrogens with two attached hydrogens (primary N) is 1. The molecule has 4 heteroatoms. The number of nitrogens with zero attached hydrogens (tertiary/aromatic N) is 1. The van der Waals surface area contributed by atoms with Crippen LogP contribution >= 0.6 is 0 Å². The second-order valence-corrected chi connectivity index (χ2v) is 4.48. The lowest BCUT2D eigenvalue weighted by Gasteiger charge is -2.21. The van der Waals surface area contributed by atoms with E-state index in [-0.39, 0.29) is 5.56 Å². The van der Waals surface area contributed by atoms with Crippen LogP contribution in [0.3, 0.4) is 0 Å². The highest BCUT2D eigenvalue weighted by atomic mass is 16.4. The van der Waals surface area contributed by atoms with Crippen molar-refractivity contribution in [2.45, 2.75) is 6.92 Å². The van der Waals surface area contributed by atoms with Crippen molar-refractivity contribution >= 4 is 23.0 Å². The molecule has 0 aliphatic rings. The molecule has 4 nitrogen and oxygen atoms in total. The zero-order valence-corrected chi connectivity index (χ0v) is 10.9. The van der Waals surface area contributed by atoms with Gasteiger partial charge in [0.2, 0.25) is 0 Å². The molecule has 0 heterocycles. The monoisotopic (exact) mass is 256 g/mol. The van der Waals surface area contributed by atoms with Crippen LogP contribution in [0, 0.1) is 6.92 Å². The van der Waals surface area contributed by atoms with Gasteiger partial charge in [0.1, 0.15) is 0 Å². The van der Waals surface area contributed by atoms with Gasteiger partial charge in [0, 0.05) is 18.4 Å². The van der Waals surface area contributed by atoms with Gasteiger partial charge in [-0.1, -0.05) is 17.7 Å². The van der Waals surface area contributed by atoms with Crippen molar-refractivity contribution in [2.75, 3.05) is 17.7 Å². The quantitative estimate of drug-likeness (QED) is 0.828. The summed E-state index contributed by atoms with van der Waals surface area (Å²) in [6.07, 6.45) is 0. The number of aryl methyl sites for hydroxylation is 1. The summed E-state index contributed by atoms with van der Waals surface area (Å²) in [6, 6.07) is 12.8. The minimum absolute atomic E-state index is 0.197. The molecule has 0 amide bonds. The number of hydrogen-bond acceptors (Lipinski definition) is 3. The third kappa shape index (κ3) is 2.68. The maximum atomic E-state index is 11.3. The highest BCUT2D eigenvalue weighted by Gasteiger charge is 2.14. The number of anilines is 3. The van der Waals surface area contributed by atoms with Gasteiger partial charge in [-0.2, -0.15) is 0 Å². The van der Waals surface area contributed by atoms with E-state index in [1.54, 1.807) is 12.1 Å². The molecule has 0 spiro atoms. The Labute approximate surface area is 112 Å². The summed E-state index contributed by atoms with van der Waals surface area (Å²) in [5.41, 5.74) is 8.99. The van der Waals surface area contributed by atoms with E-state index in [0.717, 1.165) is 11.3 Å². The summed E-state index contributed by atoms with van der Waals surface area (Å²) in [6.45, 7) is 2.01. The van der Waals surface area contributed by atoms with E-state index in [1.165, 1.54) is 6.07 Å². The van der Waals surface area contributed by atoms with Crippen LogP contribution in [-0.4, -0.2) is 18.1 Å². The molecule has 0 aliphatic heterocycles. The number of benzene rings is 2. The van der Waals surface area contributed by atoms with Crippen LogP contribution in [-0.2, 0) is 0 Å². The van der Waals surface area contributed by atoms with E-state index in [0.29, 0.717) is 11.4 Å². The van der Waals surface area contributed by atoms with Gasteiger partial charge in [-0.3, -0.25) is 0 Å². The Morgan fingerprint density at radius 2 is 1.79 bits per heavy atom. The van der Waals surface area contributed by atoms with Crippen LogP contribution in [0.5, 0.6) is 0 Å². The Balaban J connectivity index is 2.46. The van der Waals surface area contributed by atoms with Crippen molar-refractivity contribution in [3.8, 4) is 0 Å². The Kier molecular flexibility index (Phi) is 3.42. The van der Waals surface area contributed by atoms with Crippen LogP contribution in [0.25, 0.3) is 0 Å². The van der Waals surface area contributed by atoms with E-state index in [1.807, 2.05) is 43.1 Å². The molecule has 0 aromatic heterocycles. The Bertz CT molecular complexity index is 606. The maximum Gasteiger partial charge on any atom is 0.337 e. The van der Waals surface area contributed by atoms with Crippen LogP contribution in [0.2, 0.25) is 0 Å². The highest BCUT2D eigenvalue weighted by Crippen LogP contribution is 2.28. The fraction of sp³-hybridized carbons (Fsp3) is 0.133. The molecule has 19 heavy (non-hydrogen) atoms. The first kappa shape index (κ1) is 13.0. The standard InChI is InChI=1S/C15H16N2O2/c1-10-3-6-12(7-4-10)17(2)14-8-5-11(16)9-13(14)15(18)19/h3-9H,16H2,1-2H3,(H,18,19). The summed E-state index contributed by atoms with van der Waals surface area (Å²) in [5.74, 6) is -0.985. The Hall–Kier alpha value is -2.49. The SMILES string of the molecule is Cc1ccc(N(C)c2ccc(N)cc2C(=O)O)cc1. The van der Waals surface area contributed by atoms with E-state index in [4.69, 9.17) is 5.73 Å². The third-order valence-corrected chi connectivity index (χ3v) is 3.03. The average molecular weight is 256 g/mol. The lowest BCUT2D eigenvalue weighted by atomic mass is 10.1. The van der Waals surface area contributed by atoms with Crippen LogP contribution in [0.4, 0.5) is 17.1 Å². The molecule has 2 aromatic carbocycles. The first-order chi connectivity index (χ1) is 8.99. The summed E-state index contributed by atoms with van der Waals surface area (Å²) in [5, 5.41) is 9.25. The number of carboxylic acids is 1. The molecule has 2 rings (SSSR count). The highest BCUT2D eigenvalue weighted by molar-refractivity contribution is 5.96. The predicted molar refractivity (Wildman–Crippen MR) is 77.1 cm³/mol. The summed E-state index contributed by atoms with van der Waals surface area (Å²) >= 11 is 0. The van der Waals surface area contributed by atoms with Gasteiger partial charge in [-0.25, -0.2) is 4.79 Å². The van der Waals surface area contributed by atoms with Crippen molar-refractivity contribution in [2.24, 2.45) is 0 Å². The van der Waals surface area contributed by atoms with E-state index < -0.39 is 5.97 Å². The van der Waals surface area contributed by atoms with Gasteiger partial charge in [0.15, 0.2) is 0 Å². The van der Waals surface area contributed by atoms with Crippen molar-refractivity contribution in [1.29, 1.82) is 0 Å². The first-order valence-corrected chi connectivity index (χ1v) is 5.92. The molecule has 0 radical (unpaired) electrons. The van der Waals surface area contributed by atoms with Gasteiger partial charge in [-0.15, -0.1) is 0 Å². The van der Waals surface area contributed by atoms with Gasteiger partial charge >= 0.3 is 5.97 Å².